The molecular weight excluding hydrogens is 725 g/mol. The molecule has 3 aromatic carbocycles. The van der Waals surface area contributed by atoms with Gasteiger partial charge in [-0.3, -0.25) is 29.0 Å². The van der Waals surface area contributed by atoms with Gasteiger partial charge in [-0.1, -0.05) is 81.3 Å². The maximum Gasteiger partial charge on any atom is 0.320 e. The minimum Gasteiger partial charge on any atom is -0.483 e. The zero-order valence-corrected chi connectivity index (χ0v) is 32.1. The molecule has 5 amide bonds. The lowest BCUT2D eigenvalue weighted by Crippen LogP contribution is -2.46. The highest BCUT2D eigenvalue weighted by molar-refractivity contribution is 8.14. The van der Waals surface area contributed by atoms with Crippen LogP contribution in [0.3, 0.4) is 0 Å². The summed E-state index contributed by atoms with van der Waals surface area (Å²) in [5.74, 6) is -0.627. The van der Waals surface area contributed by atoms with Crippen LogP contribution < -0.4 is 30.9 Å². The van der Waals surface area contributed by atoms with Crippen LogP contribution in [0.15, 0.2) is 107 Å². The van der Waals surface area contributed by atoms with Gasteiger partial charge in [0.1, 0.15) is 23.0 Å². The van der Waals surface area contributed by atoms with E-state index < -0.39 is 35.9 Å². The van der Waals surface area contributed by atoms with Gasteiger partial charge < -0.3 is 21.1 Å². The van der Waals surface area contributed by atoms with E-state index in [1.807, 2.05) is 56.5 Å². The van der Waals surface area contributed by atoms with E-state index in [1.165, 1.54) is 22.9 Å². The molecule has 0 aliphatic carbocycles. The maximum atomic E-state index is 14.5. The molecule has 2 heterocycles. The van der Waals surface area contributed by atoms with Gasteiger partial charge in [0.15, 0.2) is 6.61 Å². The lowest BCUT2D eigenvalue weighted by Gasteiger charge is -2.33. The standard InChI is InChI=1S/C40H44N6O6S2/c1-4-6-20-40(5-2)37(49)46(28-17-11-8-12-18-28)29-24-32(53-3)30(25-31(29)54-38(40)50)52-26-34(47)44-35(27-15-9-7-10-16-27)36(48)43-22-23-45(39(41)51)33-19-13-14-21-42-33/h7-19,21,24-25,35H,4-6,20,22-23,26H2,1-3H3,(H2,41,51)(H,43,48)(H,44,47)/t35-,40?/m1/s1. The Morgan fingerprint density at radius 1 is 1.00 bits per heavy atom. The largest absolute Gasteiger partial charge is 0.483 e. The number of urea groups is 1. The van der Waals surface area contributed by atoms with Crippen molar-refractivity contribution >= 4 is 69.6 Å². The molecule has 4 aromatic rings. The average Bonchev–Trinajstić information content (AvgIpc) is 3.27. The molecule has 1 aliphatic rings. The van der Waals surface area contributed by atoms with Crippen molar-refractivity contribution in [1.82, 2.24) is 15.6 Å². The fourth-order valence-electron chi connectivity index (χ4n) is 6.20. The van der Waals surface area contributed by atoms with Crippen molar-refractivity contribution in [1.29, 1.82) is 0 Å². The summed E-state index contributed by atoms with van der Waals surface area (Å²) in [4.78, 5) is 75.8. The molecule has 0 radical (unpaired) electrons. The first-order valence-corrected chi connectivity index (χ1v) is 19.7. The average molecular weight is 769 g/mol. The van der Waals surface area contributed by atoms with Gasteiger partial charge in [0, 0.05) is 29.9 Å². The second kappa shape index (κ2) is 18.6. The fourth-order valence-corrected chi connectivity index (χ4v) is 7.89. The number of hydrogen-bond donors (Lipinski definition) is 3. The van der Waals surface area contributed by atoms with Gasteiger partial charge in [-0.2, -0.15) is 0 Å². The van der Waals surface area contributed by atoms with Crippen LogP contribution in [0.4, 0.5) is 22.0 Å². The molecule has 0 bridgehead atoms. The van der Waals surface area contributed by atoms with Gasteiger partial charge >= 0.3 is 6.03 Å². The van der Waals surface area contributed by atoms with Crippen molar-refractivity contribution in [3.05, 3.63) is 103 Å². The van der Waals surface area contributed by atoms with E-state index in [1.54, 1.807) is 59.5 Å². The quantitative estimate of drug-likeness (QED) is 0.0839. The number of nitrogens with two attached hydrogens (primary N) is 1. The number of primary amides is 1. The Kier molecular flexibility index (Phi) is 13.7. The summed E-state index contributed by atoms with van der Waals surface area (Å²) in [6, 6.07) is 24.8. The van der Waals surface area contributed by atoms with Gasteiger partial charge in [0.05, 0.1) is 10.6 Å². The number of unbranched alkanes of at least 4 members (excludes halogenated alkanes) is 1. The molecule has 2 atom stereocenters. The van der Waals surface area contributed by atoms with Crippen LogP contribution >= 0.6 is 23.5 Å². The van der Waals surface area contributed by atoms with E-state index in [9.17, 15) is 24.0 Å². The van der Waals surface area contributed by atoms with Gasteiger partial charge in [0.2, 0.25) is 16.9 Å². The highest BCUT2D eigenvalue weighted by atomic mass is 32.2. The molecule has 14 heteroatoms. The molecule has 0 saturated carbocycles. The van der Waals surface area contributed by atoms with Gasteiger partial charge in [0.25, 0.3) is 5.91 Å². The van der Waals surface area contributed by atoms with E-state index in [4.69, 9.17) is 10.5 Å². The van der Waals surface area contributed by atoms with Crippen LogP contribution in [0.2, 0.25) is 0 Å². The minimum absolute atomic E-state index is 0.0386. The predicted octanol–water partition coefficient (Wildman–Crippen LogP) is 6.62. The number of para-hydroxylation sites is 1. The van der Waals surface area contributed by atoms with E-state index in [0.29, 0.717) is 51.1 Å². The number of anilines is 3. The molecular formula is C40H44N6O6S2. The Morgan fingerprint density at radius 2 is 1.70 bits per heavy atom. The zero-order valence-electron chi connectivity index (χ0n) is 30.4. The third-order valence-corrected chi connectivity index (χ3v) is 11.0. The van der Waals surface area contributed by atoms with Crippen LogP contribution in [-0.4, -0.2) is 59.8 Å². The molecule has 12 nitrogen and oxygen atoms in total. The smallest absolute Gasteiger partial charge is 0.320 e. The number of pyridine rings is 1. The number of thioether (sulfide) groups is 2. The molecule has 4 N–H and O–H groups in total. The van der Waals surface area contributed by atoms with E-state index in [2.05, 4.69) is 15.6 Å². The number of carbonyl (C=O) groups excluding carboxylic acids is 5. The molecule has 0 fully saturated rings. The van der Waals surface area contributed by atoms with Crippen molar-refractivity contribution in [2.75, 3.05) is 35.8 Å². The van der Waals surface area contributed by atoms with Crippen molar-refractivity contribution in [2.45, 2.75) is 55.4 Å². The van der Waals surface area contributed by atoms with Crippen molar-refractivity contribution < 1.29 is 28.7 Å². The van der Waals surface area contributed by atoms with E-state index >= 15 is 0 Å². The molecule has 5 rings (SSSR count). The Morgan fingerprint density at radius 3 is 2.33 bits per heavy atom. The summed E-state index contributed by atoms with van der Waals surface area (Å²) in [5, 5.41) is 5.33. The first-order valence-electron chi connectivity index (χ1n) is 17.7. The molecule has 54 heavy (non-hydrogen) atoms. The lowest BCUT2D eigenvalue weighted by atomic mass is 9.79. The van der Waals surface area contributed by atoms with Gasteiger partial charge in [-0.15, -0.1) is 11.8 Å². The Labute approximate surface area is 323 Å². The number of aromatic nitrogens is 1. The third kappa shape index (κ3) is 9.05. The predicted molar refractivity (Wildman–Crippen MR) is 212 cm³/mol. The summed E-state index contributed by atoms with van der Waals surface area (Å²) in [6.07, 6.45) is 5.75. The number of amides is 5. The third-order valence-electron chi connectivity index (χ3n) is 9.15. The number of hydrogen-bond acceptors (Lipinski definition) is 9. The molecule has 1 aliphatic heterocycles. The monoisotopic (exact) mass is 768 g/mol. The van der Waals surface area contributed by atoms with E-state index in [-0.39, 0.29) is 24.1 Å². The Hall–Kier alpha value is -5.34. The molecule has 1 aromatic heterocycles. The van der Waals surface area contributed by atoms with Crippen LogP contribution in [0.5, 0.6) is 5.75 Å². The number of nitrogens with one attached hydrogen (secondary N) is 2. The first-order chi connectivity index (χ1) is 26.1. The highest BCUT2D eigenvalue weighted by Crippen LogP contribution is 2.51. The summed E-state index contributed by atoms with van der Waals surface area (Å²) < 4.78 is 6.09. The molecule has 282 valence electrons. The molecule has 1 unspecified atom stereocenters. The molecule has 0 spiro atoms. The number of benzene rings is 3. The SMILES string of the molecule is CCCCC1(CC)C(=O)Sc2cc(OCC(=O)N[C@@H](C(=O)NCCN(C(N)=O)c3ccccn3)c3ccccc3)c(SC)cc2N(c2ccccc2)C1=O. The topological polar surface area (TPSA) is 164 Å². The Balaban J connectivity index is 1.36. The number of fused-ring (bicyclic) bond motifs is 1. The Bertz CT molecular complexity index is 1950. The summed E-state index contributed by atoms with van der Waals surface area (Å²) in [7, 11) is 0. The number of rotatable bonds is 16. The normalized spacial score (nSPS) is 15.8. The number of nitrogens with zero attached hydrogens (tertiary/aromatic N) is 3. The number of carbonyl (C=O) groups is 5. The minimum atomic E-state index is -1.21. The van der Waals surface area contributed by atoms with E-state index in [0.717, 1.165) is 24.6 Å². The maximum absolute atomic E-state index is 14.5. The highest BCUT2D eigenvalue weighted by Gasteiger charge is 2.49. The summed E-state index contributed by atoms with van der Waals surface area (Å²) in [5.41, 5.74) is 6.11. The van der Waals surface area contributed by atoms with Crippen LogP contribution in [-0.2, 0) is 19.2 Å². The second-order valence-electron chi connectivity index (χ2n) is 12.5. The fraction of sp³-hybridized carbons (Fsp3) is 0.300. The first kappa shape index (κ1) is 39.9. The van der Waals surface area contributed by atoms with Crippen molar-refractivity contribution in [2.24, 2.45) is 11.1 Å². The van der Waals surface area contributed by atoms with Crippen LogP contribution in [0.25, 0.3) is 0 Å². The zero-order chi connectivity index (χ0) is 38.7. The number of ether oxygens (including phenoxy) is 1. The van der Waals surface area contributed by atoms with Crippen molar-refractivity contribution in [3.63, 3.8) is 0 Å². The summed E-state index contributed by atoms with van der Waals surface area (Å²) in [6.45, 7) is 3.57. The van der Waals surface area contributed by atoms with Gasteiger partial charge in [-0.25, -0.2) is 9.78 Å². The van der Waals surface area contributed by atoms with Gasteiger partial charge in [-0.05, 0) is 72.8 Å². The van der Waals surface area contributed by atoms with Crippen molar-refractivity contribution in [3.8, 4) is 5.75 Å². The summed E-state index contributed by atoms with van der Waals surface area (Å²) >= 11 is 2.40. The lowest BCUT2D eigenvalue weighted by molar-refractivity contribution is -0.136. The molecule has 0 saturated heterocycles. The second-order valence-corrected chi connectivity index (χ2v) is 14.4. The van der Waals surface area contributed by atoms with Crippen LogP contribution in [0, 0.1) is 5.41 Å². The van der Waals surface area contributed by atoms with Crippen LogP contribution in [0.1, 0.15) is 51.1 Å².